The summed E-state index contributed by atoms with van der Waals surface area (Å²) < 4.78 is 31.3. The van der Waals surface area contributed by atoms with E-state index >= 15 is 0 Å². The molecule has 28 heavy (non-hydrogen) atoms. The number of methoxy groups -OCH3 is 1. The predicted octanol–water partition coefficient (Wildman–Crippen LogP) is 5.57. The Morgan fingerprint density at radius 2 is 2.04 bits per heavy atom. The molecule has 1 unspecified atom stereocenters. The Bertz CT molecular complexity index is 1060. The minimum absolute atomic E-state index is 0.210. The number of rotatable bonds is 4. The molecule has 4 rings (SSSR count). The van der Waals surface area contributed by atoms with E-state index in [1.165, 1.54) is 24.5 Å². The third-order valence-electron chi connectivity index (χ3n) is 4.47. The molecule has 3 aromatic rings. The van der Waals surface area contributed by atoms with E-state index in [0.29, 0.717) is 16.5 Å². The van der Waals surface area contributed by atoms with Crippen molar-refractivity contribution in [2.24, 2.45) is 0 Å². The lowest BCUT2D eigenvalue weighted by Gasteiger charge is -2.24. The first-order valence-electron chi connectivity index (χ1n) is 8.52. The van der Waals surface area contributed by atoms with Crippen molar-refractivity contribution in [2.75, 3.05) is 7.11 Å². The van der Waals surface area contributed by atoms with Crippen molar-refractivity contribution in [3.8, 4) is 21.9 Å². The molecule has 0 amide bonds. The maximum Gasteiger partial charge on any atom is 0.310 e. The number of benzene rings is 2. The van der Waals surface area contributed by atoms with Crippen LogP contribution >= 0.6 is 22.9 Å². The molecule has 0 spiro atoms. The van der Waals surface area contributed by atoms with Gasteiger partial charge in [-0.1, -0.05) is 17.7 Å². The van der Waals surface area contributed by atoms with E-state index in [2.05, 4.69) is 0 Å². The second-order valence-electron chi connectivity index (χ2n) is 6.43. The van der Waals surface area contributed by atoms with Crippen molar-refractivity contribution in [3.05, 3.63) is 69.8 Å². The van der Waals surface area contributed by atoms with Gasteiger partial charge in [0.15, 0.2) is 11.5 Å². The number of esters is 1. The average Bonchev–Trinajstić information content (AvgIpc) is 3.25. The summed E-state index contributed by atoms with van der Waals surface area (Å²) in [5, 5.41) is 0.303. The first kappa shape index (κ1) is 18.8. The van der Waals surface area contributed by atoms with Gasteiger partial charge in [-0.05, 0) is 42.5 Å². The van der Waals surface area contributed by atoms with Crippen LogP contribution in [0.1, 0.15) is 17.4 Å². The SMILES string of the molecule is COC(=O)Cc1ccc(-c2cccc3c2OC(C)(c2ccc(Cl)cc2F)O3)s1. The largest absolute Gasteiger partial charge is 0.469 e. The zero-order valence-electron chi connectivity index (χ0n) is 15.1. The highest BCUT2D eigenvalue weighted by molar-refractivity contribution is 7.15. The van der Waals surface area contributed by atoms with Crippen LogP contribution in [0.15, 0.2) is 48.5 Å². The zero-order valence-corrected chi connectivity index (χ0v) is 16.7. The lowest BCUT2D eigenvalue weighted by Crippen LogP contribution is -2.32. The fourth-order valence-corrected chi connectivity index (χ4v) is 4.29. The number of thiophene rings is 1. The minimum Gasteiger partial charge on any atom is -0.469 e. The second-order valence-corrected chi connectivity index (χ2v) is 8.03. The van der Waals surface area contributed by atoms with E-state index in [4.69, 9.17) is 25.8 Å². The number of carbonyl (C=O) groups excluding carboxylic acids is 1. The normalized spacial score (nSPS) is 17.6. The highest BCUT2D eigenvalue weighted by Crippen LogP contribution is 2.50. The first-order valence-corrected chi connectivity index (χ1v) is 9.71. The lowest BCUT2D eigenvalue weighted by atomic mass is 10.1. The Morgan fingerprint density at radius 1 is 1.21 bits per heavy atom. The Kier molecular flexibility index (Phi) is 4.77. The number of carbonyl (C=O) groups is 1. The summed E-state index contributed by atoms with van der Waals surface area (Å²) in [6.07, 6.45) is 0.210. The maximum absolute atomic E-state index is 14.5. The lowest BCUT2D eigenvalue weighted by molar-refractivity contribution is -0.139. The fourth-order valence-electron chi connectivity index (χ4n) is 3.12. The highest BCUT2D eigenvalue weighted by Gasteiger charge is 2.42. The molecule has 0 saturated heterocycles. The topological polar surface area (TPSA) is 44.8 Å². The average molecular weight is 419 g/mol. The van der Waals surface area contributed by atoms with Crippen LogP contribution in [0.4, 0.5) is 4.39 Å². The third-order valence-corrected chi connectivity index (χ3v) is 5.83. The maximum atomic E-state index is 14.5. The number of hydrogen-bond donors (Lipinski definition) is 0. The molecule has 1 aromatic heterocycles. The Labute approximate surface area is 170 Å². The van der Waals surface area contributed by atoms with Crippen molar-refractivity contribution < 1.29 is 23.4 Å². The number of fused-ring (bicyclic) bond motifs is 1. The van der Waals surface area contributed by atoms with E-state index in [-0.39, 0.29) is 18.0 Å². The van der Waals surface area contributed by atoms with E-state index in [1.807, 2.05) is 24.3 Å². The van der Waals surface area contributed by atoms with Crippen molar-refractivity contribution in [1.29, 1.82) is 0 Å². The first-order chi connectivity index (χ1) is 13.4. The molecule has 0 saturated carbocycles. The van der Waals surface area contributed by atoms with Gasteiger partial charge in [-0.3, -0.25) is 4.79 Å². The molecule has 0 fully saturated rings. The molecule has 7 heteroatoms. The smallest absolute Gasteiger partial charge is 0.310 e. The van der Waals surface area contributed by atoms with Crippen LogP contribution in [0.3, 0.4) is 0 Å². The van der Waals surface area contributed by atoms with Crippen molar-refractivity contribution in [2.45, 2.75) is 19.1 Å². The van der Waals surface area contributed by atoms with Crippen molar-refractivity contribution >= 4 is 28.9 Å². The third kappa shape index (κ3) is 3.34. The number of para-hydroxylation sites is 1. The molecule has 0 bridgehead atoms. The Hall–Kier alpha value is -2.57. The molecule has 0 radical (unpaired) electrons. The molecular weight excluding hydrogens is 403 g/mol. The molecule has 2 aromatic carbocycles. The minimum atomic E-state index is -1.31. The van der Waals surface area contributed by atoms with Crippen molar-refractivity contribution in [3.63, 3.8) is 0 Å². The van der Waals surface area contributed by atoms with Gasteiger partial charge in [0.2, 0.25) is 0 Å². The molecular formula is C21H16ClFO4S. The van der Waals surface area contributed by atoms with Crippen LogP contribution in [0, 0.1) is 5.82 Å². The zero-order chi connectivity index (χ0) is 19.9. The van der Waals surface area contributed by atoms with Gasteiger partial charge < -0.3 is 14.2 Å². The van der Waals surface area contributed by atoms with E-state index in [1.54, 1.807) is 25.1 Å². The summed E-state index contributed by atoms with van der Waals surface area (Å²) in [6.45, 7) is 1.67. The van der Waals surface area contributed by atoms with Gasteiger partial charge in [-0.15, -0.1) is 11.3 Å². The van der Waals surface area contributed by atoms with Crippen LogP contribution in [0.2, 0.25) is 5.02 Å². The van der Waals surface area contributed by atoms with Gasteiger partial charge in [-0.25, -0.2) is 4.39 Å². The number of ether oxygens (including phenoxy) is 3. The summed E-state index contributed by atoms with van der Waals surface area (Å²) in [5.41, 5.74) is 1.08. The van der Waals surface area contributed by atoms with Crippen LogP contribution in [-0.4, -0.2) is 13.1 Å². The van der Waals surface area contributed by atoms with Gasteiger partial charge in [0.25, 0.3) is 5.79 Å². The molecule has 2 heterocycles. The Morgan fingerprint density at radius 3 is 2.79 bits per heavy atom. The van der Waals surface area contributed by atoms with Gasteiger partial charge in [-0.2, -0.15) is 0 Å². The summed E-state index contributed by atoms with van der Waals surface area (Å²) in [4.78, 5) is 13.3. The van der Waals surface area contributed by atoms with Gasteiger partial charge in [0.05, 0.1) is 19.1 Å². The molecule has 1 aliphatic rings. The fraction of sp³-hybridized carbons (Fsp3) is 0.190. The molecule has 1 aliphatic heterocycles. The molecule has 1 atom stereocenters. The highest BCUT2D eigenvalue weighted by atomic mass is 35.5. The predicted molar refractivity (Wildman–Crippen MR) is 105 cm³/mol. The summed E-state index contributed by atoms with van der Waals surface area (Å²) in [5.74, 6) is -1.04. The standard InChI is InChI=1S/C21H16ClFO4S/c1-21(15-8-6-12(22)10-16(15)23)26-17-5-3-4-14(20(17)27-21)18-9-7-13(28-18)11-19(24)25-2/h3-10H,11H2,1-2H3. The van der Waals surface area contributed by atoms with Crippen molar-refractivity contribution in [1.82, 2.24) is 0 Å². The van der Waals surface area contributed by atoms with Crippen LogP contribution < -0.4 is 9.47 Å². The van der Waals surface area contributed by atoms with E-state index in [9.17, 15) is 9.18 Å². The second kappa shape index (κ2) is 7.11. The molecule has 144 valence electrons. The van der Waals surface area contributed by atoms with Gasteiger partial charge in [0.1, 0.15) is 5.82 Å². The van der Waals surface area contributed by atoms with Gasteiger partial charge in [0, 0.05) is 27.3 Å². The quantitative estimate of drug-likeness (QED) is 0.520. The molecule has 0 N–H and O–H groups in total. The molecule has 0 aliphatic carbocycles. The number of halogens is 2. The summed E-state index contributed by atoms with van der Waals surface area (Å²) in [7, 11) is 1.36. The van der Waals surface area contributed by atoms with Crippen LogP contribution in [0.5, 0.6) is 11.5 Å². The monoisotopic (exact) mass is 418 g/mol. The number of hydrogen-bond acceptors (Lipinski definition) is 5. The Balaban J connectivity index is 1.68. The van der Waals surface area contributed by atoms with Crippen LogP contribution in [-0.2, 0) is 21.7 Å². The van der Waals surface area contributed by atoms with Crippen LogP contribution in [0.25, 0.3) is 10.4 Å². The van der Waals surface area contributed by atoms with E-state index < -0.39 is 11.6 Å². The van der Waals surface area contributed by atoms with Gasteiger partial charge >= 0.3 is 5.97 Å². The molecule has 4 nitrogen and oxygen atoms in total. The van der Waals surface area contributed by atoms with E-state index in [0.717, 1.165) is 15.3 Å². The summed E-state index contributed by atoms with van der Waals surface area (Å²) in [6, 6.07) is 13.7. The summed E-state index contributed by atoms with van der Waals surface area (Å²) >= 11 is 7.33.